The molecular formula is C24H28ClNO4S. The van der Waals surface area contributed by atoms with Crippen LogP contribution in [-0.4, -0.2) is 28.6 Å². The number of nitrogens with zero attached hydrogens (tertiary/aromatic N) is 1. The highest BCUT2D eigenvalue weighted by Gasteiger charge is 2.16. The maximum Gasteiger partial charge on any atom is 0.310 e. The monoisotopic (exact) mass is 461 g/mol. The lowest BCUT2D eigenvalue weighted by atomic mass is 10.0. The molecule has 3 aromatic rings. The van der Waals surface area contributed by atoms with Gasteiger partial charge in [-0.05, 0) is 56.0 Å². The summed E-state index contributed by atoms with van der Waals surface area (Å²) < 4.78 is 11.7. The number of thioether (sulfide) groups is 1. The van der Waals surface area contributed by atoms with Crippen molar-refractivity contribution in [3.8, 4) is 5.75 Å². The molecule has 5 nitrogen and oxygen atoms in total. The summed E-state index contributed by atoms with van der Waals surface area (Å²) in [6.45, 7) is 6.47. The standard InChI is InChI=1S/C24H28ClNO4S/c1-4-7-18-21(10-9-17-20(5-2)26-30-23(17)18)29-12-6-13-31-22-11-8-16(14-19(22)25)15(3)24(27)28/h8-11,14-15H,4-7,12-13H2,1-3H3,(H,27,28). The van der Waals surface area contributed by atoms with E-state index in [0.717, 1.165) is 64.3 Å². The van der Waals surface area contributed by atoms with Gasteiger partial charge in [-0.25, -0.2) is 0 Å². The van der Waals surface area contributed by atoms with Crippen molar-refractivity contribution in [2.75, 3.05) is 12.4 Å². The van der Waals surface area contributed by atoms with Crippen LogP contribution in [0.2, 0.25) is 5.02 Å². The van der Waals surface area contributed by atoms with Crippen LogP contribution in [0.25, 0.3) is 11.0 Å². The Morgan fingerprint density at radius 2 is 2.10 bits per heavy atom. The lowest BCUT2D eigenvalue weighted by Gasteiger charge is -2.12. The Balaban J connectivity index is 1.57. The van der Waals surface area contributed by atoms with E-state index in [1.807, 2.05) is 24.3 Å². The third kappa shape index (κ3) is 5.55. The number of benzene rings is 2. The van der Waals surface area contributed by atoms with E-state index >= 15 is 0 Å². The third-order valence-corrected chi connectivity index (χ3v) is 6.83. The van der Waals surface area contributed by atoms with Gasteiger partial charge in [0.1, 0.15) is 5.75 Å². The Kier molecular flexibility index (Phi) is 8.27. The number of rotatable bonds is 11. The fraction of sp³-hybridized carbons (Fsp3) is 0.417. The summed E-state index contributed by atoms with van der Waals surface area (Å²) in [6.07, 6.45) is 3.59. The molecule has 0 aliphatic heterocycles. The van der Waals surface area contributed by atoms with Gasteiger partial charge >= 0.3 is 5.97 Å². The lowest BCUT2D eigenvalue weighted by Crippen LogP contribution is -2.07. The number of carboxylic acids is 1. The van der Waals surface area contributed by atoms with Gasteiger partial charge < -0.3 is 14.4 Å². The molecule has 2 aromatic carbocycles. The fourth-order valence-corrected chi connectivity index (χ4v) is 4.63. The predicted molar refractivity (Wildman–Crippen MR) is 126 cm³/mol. The molecule has 0 amide bonds. The number of carboxylic acid groups (broad SMARTS) is 1. The number of aromatic nitrogens is 1. The Bertz CT molecular complexity index is 1050. The first kappa shape index (κ1) is 23.5. The van der Waals surface area contributed by atoms with Crippen LogP contribution >= 0.6 is 23.4 Å². The molecule has 0 aliphatic carbocycles. The minimum atomic E-state index is -0.856. The van der Waals surface area contributed by atoms with Crippen molar-refractivity contribution in [2.24, 2.45) is 0 Å². The van der Waals surface area contributed by atoms with E-state index in [1.54, 1.807) is 24.8 Å². The predicted octanol–water partition coefficient (Wildman–Crippen LogP) is 6.75. The fourth-order valence-electron chi connectivity index (χ4n) is 3.44. The number of hydrogen-bond acceptors (Lipinski definition) is 5. The molecule has 7 heteroatoms. The van der Waals surface area contributed by atoms with Gasteiger partial charge in [0.05, 0.1) is 23.2 Å². The summed E-state index contributed by atoms with van der Waals surface area (Å²) in [5.41, 5.74) is 3.62. The van der Waals surface area contributed by atoms with E-state index in [9.17, 15) is 4.79 Å². The van der Waals surface area contributed by atoms with Gasteiger partial charge in [0, 0.05) is 21.6 Å². The molecule has 0 bridgehead atoms. The van der Waals surface area contributed by atoms with Crippen LogP contribution in [0.5, 0.6) is 5.75 Å². The van der Waals surface area contributed by atoms with E-state index in [2.05, 4.69) is 19.0 Å². The molecule has 0 fully saturated rings. The molecule has 1 N–H and O–H groups in total. The minimum Gasteiger partial charge on any atom is -0.493 e. The summed E-state index contributed by atoms with van der Waals surface area (Å²) in [7, 11) is 0. The molecule has 0 radical (unpaired) electrons. The highest BCUT2D eigenvalue weighted by atomic mass is 35.5. The number of carbonyl (C=O) groups is 1. The summed E-state index contributed by atoms with van der Waals surface area (Å²) in [5.74, 6) is 0.285. The topological polar surface area (TPSA) is 72.6 Å². The first-order chi connectivity index (χ1) is 15.0. The molecule has 1 heterocycles. The largest absolute Gasteiger partial charge is 0.493 e. The van der Waals surface area contributed by atoms with Crippen molar-refractivity contribution in [3.63, 3.8) is 0 Å². The first-order valence-electron chi connectivity index (χ1n) is 10.6. The number of hydrogen-bond donors (Lipinski definition) is 1. The molecule has 0 spiro atoms. The van der Waals surface area contributed by atoms with Gasteiger partial charge in [-0.3, -0.25) is 4.79 Å². The van der Waals surface area contributed by atoms with E-state index in [0.29, 0.717) is 17.2 Å². The zero-order chi connectivity index (χ0) is 22.4. The van der Waals surface area contributed by atoms with E-state index in [1.165, 1.54) is 0 Å². The molecule has 0 saturated heterocycles. The maximum absolute atomic E-state index is 11.1. The molecule has 166 valence electrons. The van der Waals surface area contributed by atoms with Crippen LogP contribution in [0.15, 0.2) is 39.8 Å². The highest BCUT2D eigenvalue weighted by molar-refractivity contribution is 7.99. The van der Waals surface area contributed by atoms with Crippen LogP contribution in [0, 0.1) is 0 Å². The van der Waals surface area contributed by atoms with Crippen LogP contribution in [-0.2, 0) is 17.6 Å². The molecule has 31 heavy (non-hydrogen) atoms. The van der Waals surface area contributed by atoms with Gasteiger partial charge in [0.15, 0.2) is 5.58 Å². The minimum absolute atomic E-state index is 0.572. The summed E-state index contributed by atoms with van der Waals surface area (Å²) >= 11 is 8.00. The van der Waals surface area contributed by atoms with Crippen LogP contribution in [0.3, 0.4) is 0 Å². The number of aliphatic carboxylic acids is 1. The Labute approximate surface area is 192 Å². The number of aryl methyl sites for hydroxylation is 2. The van der Waals surface area contributed by atoms with Gasteiger partial charge in [0.2, 0.25) is 0 Å². The molecule has 1 unspecified atom stereocenters. The van der Waals surface area contributed by atoms with Crippen molar-refractivity contribution >= 4 is 40.3 Å². The molecule has 0 saturated carbocycles. The Morgan fingerprint density at radius 1 is 1.29 bits per heavy atom. The van der Waals surface area contributed by atoms with Gasteiger partial charge in [-0.15, -0.1) is 11.8 Å². The van der Waals surface area contributed by atoms with Gasteiger partial charge in [-0.2, -0.15) is 0 Å². The van der Waals surface area contributed by atoms with Crippen molar-refractivity contribution in [3.05, 3.63) is 52.2 Å². The third-order valence-electron chi connectivity index (χ3n) is 5.24. The molecular weight excluding hydrogens is 434 g/mol. The lowest BCUT2D eigenvalue weighted by molar-refractivity contribution is -0.138. The number of fused-ring (bicyclic) bond motifs is 1. The van der Waals surface area contributed by atoms with Crippen molar-refractivity contribution in [1.82, 2.24) is 5.16 Å². The molecule has 3 rings (SSSR count). The van der Waals surface area contributed by atoms with E-state index in [4.69, 9.17) is 26.0 Å². The number of ether oxygens (including phenoxy) is 1. The normalized spacial score (nSPS) is 12.3. The zero-order valence-electron chi connectivity index (χ0n) is 18.1. The Hall–Kier alpha value is -2.18. The van der Waals surface area contributed by atoms with Crippen LogP contribution < -0.4 is 4.74 Å². The SMILES string of the molecule is CCCc1c(OCCCSc2ccc(C(C)C(=O)O)cc2Cl)ccc2c(CC)noc12. The first-order valence-corrected chi connectivity index (χ1v) is 12.0. The van der Waals surface area contributed by atoms with Crippen molar-refractivity contribution < 1.29 is 19.2 Å². The second kappa shape index (κ2) is 10.9. The van der Waals surface area contributed by atoms with E-state index in [-0.39, 0.29) is 0 Å². The average molecular weight is 462 g/mol. The summed E-state index contributed by atoms with van der Waals surface area (Å²) in [4.78, 5) is 12.1. The molecule has 1 aromatic heterocycles. The van der Waals surface area contributed by atoms with Gasteiger partial charge in [-0.1, -0.05) is 43.1 Å². The van der Waals surface area contributed by atoms with E-state index < -0.39 is 11.9 Å². The highest BCUT2D eigenvalue weighted by Crippen LogP contribution is 2.33. The van der Waals surface area contributed by atoms with Crippen LogP contribution in [0.4, 0.5) is 0 Å². The second-order valence-corrected chi connectivity index (χ2v) is 9.00. The maximum atomic E-state index is 11.1. The smallest absolute Gasteiger partial charge is 0.310 e. The van der Waals surface area contributed by atoms with Crippen LogP contribution in [0.1, 0.15) is 56.4 Å². The molecule has 0 aliphatic rings. The second-order valence-electron chi connectivity index (χ2n) is 7.45. The summed E-state index contributed by atoms with van der Waals surface area (Å²) in [6, 6.07) is 9.53. The summed E-state index contributed by atoms with van der Waals surface area (Å²) in [5, 5.41) is 15.0. The van der Waals surface area contributed by atoms with Crippen molar-refractivity contribution in [2.45, 2.75) is 57.3 Å². The van der Waals surface area contributed by atoms with Crippen molar-refractivity contribution in [1.29, 1.82) is 0 Å². The zero-order valence-corrected chi connectivity index (χ0v) is 19.7. The number of halogens is 1. The Morgan fingerprint density at radius 3 is 2.77 bits per heavy atom. The quantitative estimate of drug-likeness (QED) is 0.251. The average Bonchev–Trinajstić information content (AvgIpc) is 3.18. The molecule has 1 atom stereocenters. The van der Waals surface area contributed by atoms with Gasteiger partial charge in [0.25, 0.3) is 0 Å².